The number of hydrogen-bond donors (Lipinski definition) is 2. The third kappa shape index (κ3) is 4.26. The highest BCUT2D eigenvalue weighted by atomic mass is 32.1. The van der Waals surface area contributed by atoms with Gasteiger partial charge < -0.3 is 19.7 Å². The van der Waals surface area contributed by atoms with E-state index in [1.165, 1.54) is 14.2 Å². The Kier molecular flexibility index (Phi) is 5.85. The number of nitrogens with zero attached hydrogens (tertiary/aromatic N) is 3. The van der Waals surface area contributed by atoms with Gasteiger partial charge in [-0.3, -0.25) is 9.59 Å². The first-order chi connectivity index (χ1) is 13.4. The zero-order chi connectivity index (χ0) is 20.3. The number of pyridine rings is 1. The van der Waals surface area contributed by atoms with Gasteiger partial charge in [-0.25, -0.2) is 4.98 Å². The number of aromatic nitrogens is 3. The molecular formula is C17H15N3O6S2. The van der Waals surface area contributed by atoms with Crippen LogP contribution in [0.1, 0.15) is 9.75 Å². The molecule has 0 aliphatic carbocycles. The van der Waals surface area contributed by atoms with E-state index < -0.39 is 11.9 Å². The predicted molar refractivity (Wildman–Crippen MR) is 101 cm³/mol. The second-order valence-corrected chi connectivity index (χ2v) is 7.61. The smallest absolute Gasteiger partial charge is 0.311 e. The minimum absolute atomic E-state index is 0.0864. The van der Waals surface area contributed by atoms with Crippen LogP contribution in [-0.2, 0) is 31.9 Å². The van der Waals surface area contributed by atoms with Gasteiger partial charge >= 0.3 is 11.9 Å². The average Bonchev–Trinajstić information content (AvgIpc) is 3.24. The fraction of sp³-hybridized carbons (Fsp3) is 0.235. The summed E-state index contributed by atoms with van der Waals surface area (Å²) in [6, 6.07) is 5.13. The van der Waals surface area contributed by atoms with Crippen molar-refractivity contribution in [3.05, 3.63) is 28.0 Å². The number of esters is 2. The summed E-state index contributed by atoms with van der Waals surface area (Å²) in [5.74, 6) is -1.46. The number of thiazole rings is 2. The molecule has 0 aromatic carbocycles. The van der Waals surface area contributed by atoms with Crippen molar-refractivity contribution in [1.82, 2.24) is 15.0 Å². The molecule has 0 radical (unpaired) electrons. The largest absolute Gasteiger partial charge is 0.492 e. The van der Waals surface area contributed by atoms with Gasteiger partial charge in [-0.1, -0.05) is 6.07 Å². The van der Waals surface area contributed by atoms with Gasteiger partial charge in [0.05, 0.1) is 48.2 Å². The zero-order valence-corrected chi connectivity index (χ0v) is 16.5. The third-order valence-corrected chi connectivity index (χ3v) is 5.74. The Morgan fingerprint density at radius 3 is 1.68 bits per heavy atom. The highest BCUT2D eigenvalue weighted by Crippen LogP contribution is 2.35. The minimum Gasteiger partial charge on any atom is -0.492 e. The molecule has 0 fully saturated rings. The van der Waals surface area contributed by atoms with Crippen LogP contribution in [0.4, 0.5) is 0 Å². The van der Waals surface area contributed by atoms with Crippen LogP contribution in [0.2, 0.25) is 0 Å². The first-order valence-electron chi connectivity index (χ1n) is 7.90. The lowest BCUT2D eigenvalue weighted by Gasteiger charge is -1.99. The molecule has 3 aromatic heterocycles. The summed E-state index contributed by atoms with van der Waals surface area (Å²) < 4.78 is 9.20. The average molecular weight is 421 g/mol. The number of carbonyl (C=O) groups excluding carboxylic acids is 2. The van der Waals surface area contributed by atoms with Gasteiger partial charge in [-0.15, -0.1) is 22.7 Å². The van der Waals surface area contributed by atoms with Crippen molar-refractivity contribution in [1.29, 1.82) is 0 Å². The highest BCUT2D eigenvalue weighted by Gasteiger charge is 2.19. The van der Waals surface area contributed by atoms with E-state index in [4.69, 9.17) is 0 Å². The molecule has 146 valence electrons. The molecule has 3 aromatic rings. The standard InChI is InChI=1S/C17H15N3O6S2/c1-25-12(21)6-10-14(23)19-16(27-10)8-4-3-5-9(18-8)17-20-15(24)11(28-17)7-13(22)26-2/h3-5,23-24H,6-7H2,1-2H3. The molecule has 0 bridgehead atoms. The Hall–Kier alpha value is -3.05. The number of methoxy groups -OCH3 is 2. The number of ether oxygens (including phenoxy) is 2. The molecule has 3 rings (SSSR count). The van der Waals surface area contributed by atoms with Gasteiger partial charge in [0, 0.05) is 0 Å². The van der Waals surface area contributed by atoms with E-state index in [2.05, 4.69) is 24.4 Å². The van der Waals surface area contributed by atoms with Gasteiger partial charge in [0.2, 0.25) is 11.8 Å². The van der Waals surface area contributed by atoms with Gasteiger partial charge in [-0.05, 0) is 12.1 Å². The topological polar surface area (TPSA) is 132 Å². The molecule has 28 heavy (non-hydrogen) atoms. The van der Waals surface area contributed by atoms with Crippen LogP contribution in [-0.4, -0.2) is 51.3 Å². The van der Waals surface area contributed by atoms with Gasteiger partial charge in [0.15, 0.2) is 0 Å². The lowest BCUT2D eigenvalue weighted by Crippen LogP contribution is -2.02. The molecule has 0 amide bonds. The van der Waals surface area contributed by atoms with Gasteiger partial charge in [-0.2, -0.15) is 9.97 Å². The fourth-order valence-corrected chi connectivity index (χ4v) is 4.04. The van der Waals surface area contributed by atoms with Crippen molar-refractivity contribution < 1.29 is 29.3 Å². The molecule has 0 saturated carbocycles. The summed E-state index contributed by atoms with van der Waals surface area (Å²) in [5.41, 5.74) is 0.941. The molecule has 3 heterocycles. The van der Waals surface area contributed by atoms with Crippen molar-refractivity contribution in [3.8, 4) is 33.2 Å². The van der Waals surface area contributed by atoms with Gasteiger partial charge in [0.1, 0.15) is 10.0 Å². The van der Waals surface area contributed by atoms with E-state index in [0.29, 0.717) is 31.2 Å². The Bertz CT molecular complexity index is 952. The lowest BCUT2D eigenvalue weighted by molar-refractivity contribution is -0.140. The normalized spacial score (nSPS) is 10.6. The maximum Gasteiger partial charge on any atom is 0.311 e. The summed E-state index contributed by atoms with van der Waals surface area (Å²) in [7, 11) is 2.54. The minimum atomic E-state index is -0.483. The Morgan fingerprint density at radius 2 is 1.29 bits per heavy atom. The Morgan fingerprint density at radius 1 is 0.857 bits per heavy atom. The van der Waals surface area contributed by atoms with E-state index in [9.17, 15) is 19.8 Å². The monoisotopic (exact) mass is 421 g/mol. The van der Waals surface area contributed by atoms with Crippen molar-refractivity contribution in [2.45, 2.75) is 12.8 Å². The first-order valence-corrected chi connectivity index (χ1v) is 9.53. The Labute approximate surface area is 167 Å². The summed E-state index contributed by atoms with van der Waals surface area (Å²) in [6.07, 6.45) is -0.173. The quantitative estimate of drug-likeness (QED) is 0.575. The molecule has 0 aliphatic heterocycles. The van der Waals surface area contributed by atoms with E-state index in [0.717, 1.165) is 22.7 Å². The molecule has 0 spiro atoms. The van der Waals surface area contributed by atoms with Crippen LogP contribution in [0, 0.1) is 0 Å². The first kappa shape index (κ1) is 19.7. The molecule has 0 aliphatic rings. The molecular weight excluding hydrogens is 406 g/mol. The van der Waals surface area contributed by atoms with E-state index >= 15 is 0 Å². The SMILES string of the molecule is COC(=O)Cc1sc(-c2cccc(-c3nc(O)c(CC(=O)OC)s3)n2)nc1O. The molecule has 0 saturated heterocycles. The van der Waals surface area contributed by atoms with Crippen LogP contribution >= 0.6 is 22.7 Å². The number of carbonyl (C=O) groups is 2. The fourth-order valence-electron chi connectivity index (χ4n) is 2.22. The number of aromatic hydroxyl groups is 2. The molecule has 0 unspecified atom stereocenters. The number of rotatable bonds is 6. The van der Waals surface area contributed by atoms with Crippen molar-refractivity contribution >= 4 is 34.6 Å². The van der Waals surface area contributed by atoms with Crippen LogP contribution in [0.5, 0.6) is 11.8 Å². The maximum absolute atomic E-state index is 11.4. The van der Waals surface area contributed by atoms with E-state index in [-0.39, 0.29) is 24.6 Å². The lowest BCUT2D eigenvalue weighted by atomic mass is 10.3. The maximum atomic E-state index is 11.4. The molecule has 11 heteroatoms. The van der Waals surface area contributed by atoms with Crippen molar-refractivity contribution in [2.75, 3.05) is 14.2 Å². The summed E-state index contributed by atoms with van der Waals surface area (Å²) in [6.45, 7) is 0. The molecule has 9 nitrogen and oxygen atoms in total. The van der Waals surface area contributed by atoms with E-state index in [1.807, 2.05) is 0 Å². The van der Waals surface area contributed by atoms with Crippen LogP contribution in [0.3, 0.4) is 0 Å². The van der Waals surface area contributed by atoms with Crippen LogP contribution < -0.4 is 0 Å². The number of hydrogen-bond acceptors (Lipinski definition) is 11. The van der Waals surface area contributed by atoms with Gasteiger partial charge in [0.25, 0.3) is 0 Å². The Balaban J connectivity index is 1.89. The third-order valence-electron chi connectivity index (χ3n) is 3.61. The van der Waals surface area contributed by atoms with Crippen LogP contribution in [0.25, 0.3) is 21.4 Å². The molecule has 0 atom stereocenters. The summed E-state index contributed by atoms with van der Waals surface area (Å²) in [5, 5.41) is 20.7. The van der Waals surface area contributed by atoms with Crippen LogP contribution in [0.15, 0.2) is 18.2 Å². The second kappa shape index (κ2) is 8.31. The summed E-state index contributed by atoms with van der Waals surface area (Å²) >= 11 is 2.26. The molecule has 2 N–H and O–H groups in total. The highest BCUT2D eigenvalue weighted by molar-refractivity contribution is 7.15. The van der Waals surface area contributed by atoms with Crippen molar-refractivity contribution in [3.63, 3.8) is 0 Å². The second-order valence-electron chi connectivity index (χ2n) is 5.45. The van der Waals surface area contributed by atoms with E-state index in [1.54, 1.807) is 18.2 Å². The zero-order valence-electron chi connectivity index (χ0n) is 14.8. The summed E-state index contributed by atoms with van der Waals surface area (Å²) in [4.78, 5) is 36.2. The predicted octanol–water partition coefficient (Wildman–Crippen LogP) is 2.17. The van der Waals surface area contributed by atoms with Crippen molar-refractivity contribution in [2.24, 2.45) is 0 Å².